The van der Waals surface area contributed by atoms with Crippen molar-refractivity contribution in [2.45, 2.75) is 25.7 Å². The summed E-state index contributed by atoms with van der Waals surface area (Å²) in [5, 5.41) is 0. The monoisotopic (exact) mass is 297 g/mol. The average Bonchev–Trinajstić information content (AvgIpc) is 3.38. The van der Waals surface area contributed by atoms with E-state index in [1.165, 1.54) is 12.4 Å². The van der Waals surface area contributed by atoms with Crippen LogP contribution in [0.2, 0.25) is 0 Å². The van der Waals surface area contributed by atoms with Crippen LogP contribution in [0.25, 0.3) is 0 Å². The lowest BCUT2D eigenvalue weighted by molar-refractivity contribution is 0.0843. The Morgan fingerprint density at radius 3 is 2.59 bits per heavy atom. The van der Waals surface area contributed by atoms with Crippen LogP contribution in [0, 0.1) is 6.92 Å². The third-order valence-corrected chi connectivity index (χ3v) is 3.33. The third-order valence-electron chi connectivity index (χ3n) is 3.33. The molecule has 0 unspecified atom stereocenters. The fourth-order valence-corrected chi connectivity index (χ4v) is 2.07. The number of hydrogen-bond donors (Lipinski definition) is 2. The van der Waals surface area contributed by atoms with Gasteiger partial charge < -0.3 is 0 Å². The maximum absolute atomic E-state index is 12.2. The van der Waals surface area contributed by atoms with E-state index in [0.29, 0.717) is 17.3 Å². The molecule has 0 bridgehead atoms. The van der Waals surface area contributed by atoms with Crippen LogP contribution in [0.4, 0.5) is 0 Å². The minimum Gasteiger partial charge on any atom is -0.267 e. The molecule has 2 aromatic heterocycles. The van der Waals surface area contributed by atoms with E-state index in [0.717, 1.165) is 18.5 Å². The highest BCUT2D eigenvalue weighted by molar-refractivity contribution is 5.98. The summed E-state index contributed by atoms with van der Waals surface area (Å²) in [5.41, 5.74) is 6.10. The van der Waals surface area contributed by atoms with Crippen molar-refractivity contribution in [3.05, 3.63) is 53.4 Å². The number of aromatic nitrogens is 3. The average molecular weight is 297 g/mol. The smallest absolute Gasteiger partial charge is 0.267 e. The van der Waals surface area contributed by atoms with Gasteiger partial charge in [-0.25, -0.2) is 9.97 Å². The standard InChI is InChI=1S/C15H15N5O2/c1-9-17-8-11(13(18-9)10-5-6-10)14(21)19-20-15(22)12-4-2-3-7-16-12/h2-4,7-8,10H,5-6H2,1H3,(H,19,21)(H,20,22). The van der Waals surface area contributed by atoms with Crippen molar-refractivity contribution >= 4 is 11.8 Å². The molecule has 1 saturated carbocycles. The van der Waals surface area contributed by atoms with Crippen molar-refractivity contribution in [2.75, 3.05) is 0 Å². The second kappa shape index (κ2) is 5.88. The maximum Gasteiger partial charge on any atom is 0.288 e. The lowest BCUT2D eigenvalue weighted by atomic mass is 10.1. The van der Waals surface area contributed by atoms with Crippen LogP contribution in [0.5, 0.6) is 0 Å². The fourth-order valence-electron chi connectivity index (χ4n) is 2.07. The van der Waals surface area contributed by atoms with Gasteiger partial charge in [-0.3, -0.25) is 25.4 Å². The van der Waals surface area contributed by atoms with E-state index in [2.05, 4.69) is 25.8 Å². The van der Waals surface area contributed by atoms with E-state index < -0.39 is 11.8 Å². The van der Waals surface area contributed by atoms with Crippen LogP contribution < -0.4 is 10.9 Å². The van der Waals surface area contributed by atoms with Crippen molar-refractivity contribution in [2.24, 2.45) is 0 Å². The number of rotatable bonds is 3. The summed E-state index contributed by atoms with van der Waals surface area (Å²) in [6.07, 6.45) is 5.06. The largest absolute Gasteiger partial charge is 0.288 e. The number of carbonyl (C=O) groups is 2. The summed E-state index contributed by atoms with van der Waals surface area (Å²) in [6.45, 7) is 1.79. The van der Waals surface area contributed by atoms with Gasteiger partial charge in [-0.2, -0.15) is 0 Å². The zero-order valence-electron chi connectivity index (χ0n) is 12.0. The molecule has 0 spiro atoms. The number of pyridine rings is 1. The Kier molecular flexibility index (Phi) is 3.78. The molecule has 1 aliphatic rings. The van der Waals surface area contributed by atoms with Crippen LogP contribution in [-0.2, 0) is 0 Å². The number of amides is 2. The summed E-state index contributed by atoms with van der Waals surface area (Å²) in [6, 6.07) is 4.97. The van der Waals surface area contributed by atoms with Gasteiger partial charge in [-0.15, -0.1) is 0 Å². The molecular formula is C15H15N5O2. The number of carbonyl (C=O) groups excluding carboxylic acids is 2. The zero-order valence-corrected chi connectivity index (χ0v) is 12.0. The van der Waals surface area contributed by atoms with E-state index in [1.54, 1.807) is 25.1 Å². The number of nitrogens with zero attached hydrogens (tertiary/aromatic N) is 3. The first-order chi connectivity index (χ1) is 10.6. The SMILES string of the molecule is Cc1ncc(C(=O)NNC(=O)c2ccccn2)c(C2CC2)n1. The molecule has 0 radical (unpaired) electrons. The molecule has 0 atom stereocenters. The van der Waals surface area contributed by atoms with Crippen molar-refractivity contribution in [1.82, 2.24) is 25.8 Å². The maximum atomic E-state index is 12.2. The Balaban J connectivity index is 1.69. The van der Waals surface area contributed by atoms with Crippen molar-refractivity contribution in [3.8, 4) is 0 Å². The molecular weight excluding hydrogens is 282 g/mol. The minimum atomic E-state index is -0.477. The van der Waals surface area contributed by atoms with Crippen LogP contribution in [0.15, 0.2) is 30.6 Å². The number of hydrogen-bond acceptors (Lipinski definition) is 5. The summed E-state index contributed by atoms with van der Waals surface area (Å²) in [7, 11) is 0. The summed E-state index contributed by atoms with van der Waals surface area (Å²) < 4.78 is 0. The van der Waals surface area contributed by atoms with Crippen LogP contribution >= 0.6 is 0 Å². The number of nitrogens with one attached hydrogen (secondary N) is 2. The lowest BCUT2D eigenvalue weighted by Gasteiger charge is -2.10. The molecule has 0 saturated heterocycles. The molecule has 2 aromatic rings. The third kappa shape index (κ3) is 3.08. The molecule has 0 aliphatic heterocycles. The van der Waals surface area contributed by atoms with E-state index >= 15 is 0 Å². The van der Waals surface area contributed by atoms with Crippen molar-refractivity contribution in [3.63, 3.8) is 0 Å². The van der Waals surface area contributed by atoms with Gasteiger partial charge in [0.2, 0.25) is 0 Å². The minimum absolute atomic E-state index is 0.227. The van der Waals surface area contributed by atoms with Gasteiger partial charge in [-0.1, -0.05) is 6.07 Å². The number of aryl methyl sites for hydroxylation is 1. The Hall–Kier alpha value is -2.83. The Morgan fingerprint density at radius 2 is 1.91 bits per heavy atom. The quantitative estimate of drug-likeness (QED) is 0.828. The highest BCUT2D eigenvalue weighted by Gasteiger charge is 2.30. The summed E-state index contributed by atoms with van der Waals surface area (Å²) in [5.74, 6) is 0.0473. The predicted molar refractivity (Wildman–Crippen MR) is 77.9 cm³/mol. The first-order valence-electron chi connectivity index (χ1n) is 7.00. The molecule has 22 heavy (non-hydrogen) atoms. The van der Waals surface area contributed by atoms with Crippen LogP contribution in [0.3, 0.4) is 0 Å². The molecule has 2 heterocycles. The van der Waals surface area contributed by atoms with E-state index in [4.69, 9.17) is 0 Å². The van der Waals surface area contributed by atoms with Gasteiger partial charge in [0.05, 0.1) is 11.3 Å². The molecule has 112 valence electrons. The van der Waals surface area contributed by atoms with Gasteiger partial charge in [0.1, 0.15) is 11.5 Å². The summed E-state index contributed by atoms with van der Waals surface area (Å²) in [4.78, 5) is 36.4. The normalized spacial score (nSPS) is 13.5. The molecule has 7 heteroatoms. The fraction of sp³-hybridized carbons (Fsp3) is 0.267. The Labute approximate surface area is 127 Å². The van der Waals surface area contributed by atoms with E-state index in [-0.39, 0.29) is 5.69 Å². The van der Waals surface area contributed by atoms with Gasteiger partial charge in [0.15, 0.2) is 0 Å². The molecule has 1 fully saturated rings. The Morgan fingerprint density at radius 1 is 1.14 bits per heavy atom. The zero-order chi connectivity index (χ0) is 15.5. The van der Waals surface area contributed by atoms with Gasteiger partial charge in [-0.05, 0) is 31.9 Å². The molecule has 7 nitrogen and oxygen atoms in total. The van der Waals surface area contributed by atoms with Gasteiger partial charge in [0, 0.05) is 18.3 Å². The second-order valence-electron chi connectivity index (χ2n) is 5.11. The van der Waals surface area contributed by atoms with Crippen molar-refractivity contribution < 1.29 is 9.59 Å². The van der Waals surface area contributed by atoms with Gasteiger partial charge >= 0.3 is 0 Å². The molecule has 1 aliphatic carbocycles. The lowest BCUT2D eigenvalue weighted by Crippen LogP contribution is -2.42. The predicted octanol–water partition coefficient (Wildman–Crippen LogP) is 1.13. The topological polar surface area (TPSA) is 96.9 Å². The molecule has 2 amide bonds. The van der Waals surface area contributed by atoms with Crippen LogP contribution in [0.1, 0.15) is 51.1 Å². The van der Waals surface area contributed by atoms with Crippen LogP contribution in [-0.4, -0.2) is 26.8 Å². The molecule has 0 aromatic carbocycles. The molecule has 2 N–H and O–H groups in total. The van der Waals surface area contributed by atoms with E-state index in [9.17, 15) is 9.59 Å². The summed E-state index contributed by atoms with van der Waals surface area (Å²) >= 11 is 0. The van der Waals surface area contributed by atoms with Gasteiger partial charge in [0.25, 0.3) is 11.8 Å². The number of hydrazine groups is 1. The second-order valence-corrected chi connectivity index (χ2v) is 5.11. The first-order valence-corrected chi connectivity index (χ1v) is 7.00. The highest BCUT2D eigenvalue weighted by atomic mass is 16.2. The van der Waals surface area contributed by atoms with Crippen molar-refractivity contribution in [1.29, 1.82) is 0 Å². The van der Waals surface area contributed by atoms with E-state index in [1.807, 2.05) is 0 Å². The molecule has 3 rings (SSSR count). The first kappa shape index (κ1) is 14.1. The highest BCUT2D eigenvalue weighted by Crippen LogP contribution is 2.40. The Bertz CT molecular complexity index is 713.